The van der Waals surface area contributed by atoms with Gasteiger partial charge < -0.3 is 16.6 Å². The first-order valence-corrected chi connectivity index (χ1v) is 6.08. The third kappa shape index (κ3) is 7.00. The van der Waals surface area contributed by atoms with E-state index in [1.54, 1.807) is 0 Å². The fraction of sp³-hybridized carbons (Fsp3) is 0.714. The molecule has 0 spiro atoms. The van der Waals surface area contributed by atoms with Gasteiger partial charge in [0.15, 0.2) is 9.84 Å². The highest BCUT2D eigenvalue weighted by Gasteiger charge is 2.20. The van der Waals surface area contributed by atoms with Crippen molar-refractivity contribution in [2.45, 2.75) is 6.04 Å². The summed E-state index contributed by atoms with van der Waals surface area (Å²) in [5.74, 6) is -2.12. The summed E-state index contributed by atoms with van der Waals surface area (Å²) < 4.78 is 22.5. The van der Waals surface area contributed by atoms with Crippen LogP contribution in [0, 0.1) is 0 Å². The van der Waals surface area contributed by atoms with Gasteiger partial charge in [0.1, 0.15) is 6.04 Å². The monoisotopic (exact) mass is 237 g/mol. The van der Waals surface area contributed by atoms with Crippen molar-refractivity contribution in [1.82, 2.24) is 0 Å². The number of carboxylic acid groups (broad SMARTS) is 1. The number of aliphatic imine (C=N–C) groups is 1. The second kappa shape index (κ2) is 6.49. The van der Waals surface area contributed by atoms with Gasteiger partial charge in [-0.25, -0.2) is 8.42 Å². The van der Waals surface area contributed by atoms with E-state index in [2.05, 4.69) is 4.99 Å². The van der Waals surface area contributed by atoms with Gasteiger partial charge in [-0.2, -0.15) is 0 Å². The van der Waals surface area contributed by atoms with Crippen molar-refractivity contribution in [1.29, 1.82) is 0 Å². The second-order valence-corrected chi connectivity index (χ2v) is 5.11. The number of hydrogen-bond donors (Lipinski definition) is 3. The zero-order valence-electron chi connectivity index (χ0n) is 8.17. The van der Waals surface area contributed by atoms with Gasteiger partial charge in [0, 0.05) is 12.8 Å². The summed E-state index contributed by atoms with van der Waals surface area (Å²) in [7, 11) is -3.47. The topological polar surface area (TPSA) is 136 Å². The Bertz CT molecular complexity index is 325. The van der Waals surface area contributed by atoms with Crippen LogP contribution in [-0.4, -0.2) is 56.3 Å². The van der Waals surface area contributed by atoms with E-state index in [1.165, 1.54) is 6.21 Å². The summed E-state index contributed by atoms with van der Waals surface area (Å²) in [6.07, 6.45) is 1.40. The van der Waals surface area contributed by atoms with E-state index >= 15 is 0 Å². The molecule has 0 rings (SSSR count). The van der Waals surface area contributed by atoms with Crippen LogP contribution in [0.15, 0.2) is 4.99 Å². The molecule has 0 heterocycles. The highest BCUT2D eigenvalue weighted by atomic mass is 32.2. The SMILES string of the molecule is NCC=NCCS(=O)(=O)C[C@H](N)C(=O)O. The third-order valence-electron chi connectivity index (χ3n) is 1.52. The van der Waals surface area contributed by atoms with Crippen molar-refractivity contribution in [3.05, 3.63) is 0 Å². The van der Waals surface area contributed by atoms with Crippen LogP contribution in [0.3, 0.4) is 0 Å². The number of sulfone groups is 1. The van der Waals surface area contributed by atoms with Crippen LogP contribution in [0.1, 0.15) is 0 Å². The van der Waals surface area contributed by atoms with Crippen LogP contribution >= 0.6 is 0 Å². The van der Waals surface area contributed by atoms with Crippen molar-refractivity contribution >= 4 is 22.0 Å². The number of nitrogens with two attached hydrogens (primary N) is 2. The molecule has 0 amide bonds. The van der Waals surface area contributed by atoms with Crippen molar-refractivity contribution in [2.75, 3.05) is 24.6 Å². The molecule has 0 saturated heterocycles. The van der Waals surface area contributed by atoms with E-state index in [-0.39, 0.29) is 18.8 Å². The Morgan fingerprint density at radius 1 is 1.53 bits per heavy atom. The van der Waals surface area contributed by atoms with Gasteiger partial charge >= 0.3 is 5.97 Å². The normalized spacial score (nSPS) is 14.3. The fourth-order valence-corrected chi connectivity index (χ4v) is 2.03. The Morgan fingerprint density at radius 2 is 2.13 bits per heavy atom. The first-order chi connectivity index (χ1) is 6.89. The summed E-state index contributed by atoms with van der Waals surface area (Å²) >= 11 is 0. The number of carboxylic acids is 1. The van der Waals surface area contributed by atoms with Gasteiger partial charge in [0.05, 0.1) is 18.1 Å². The van der Waals surface area contributed by atoms with Crippen LogP contribution in [0.4, 0.5) is 0 Å². The lowest BCUT2D eigenvalue weighted by atomic mass is 10.4. The van der Waals surface area contributed by atoms with Crippen LogP contribution < -0.4 is 11.5 Å². The Hall–Kier alpha value is -0.990. The van der Waals surface area contributed by atoms with Gasteiger partial charge in [-0.1, -0.05) is 0 Å². The number of rotatable bonds is 7. The lowest BCUT2D eigenvalue weighted by molar-refractivity contribution is -0.137. The maximum absolute atomic E-state index is 11.3. The van der Waals surface area contributed by atoms with Gasteiger partial charge in [0.2, 0.25) is 0 Å². The maximum atomic E-state index is 11.3. The minimum Gasteiger partial charge on any atom is -0.480 e. The standard InChI is InChI=1S/C7H15N3O4S/c8-1-2-10-3-4-15(13,14)5-6(9)7(11)12/h2,6H,1,3-5,8-9H2,(H,11,12)/t6-/m0/s1. The van der Waals surface area contributed by atoms with Crippen LogP contribution in [0.5, 0.6) is 0 Å². The van der Waals surface area contributed by atoms with Crippen molar-refractivity contribution in [3.8, 4) is 0 Å². The predicted octanol–water partition coefficient (Wildman–Crippen LogP) is -2.16. The molecule has 0 unspecified atom stereocenters. The van der Waals surface area contributed by atoms with Gasteiger partial charge in [-0.3, -0.25) is 9.79 Å². The van der Waals surface area contributed by atoms with Crippen LogP contribution in [-0.2, 0) is 14.6 Å². The summed E-state index contributed by atoms with van der Waals surface area (Å²) in [4.78, 5) is 14.0. The van der Waals surface area contributed by atoms with Gasteiger partial charge in [-0.15, -0.1) is 0 Å². The molecule has 15 heavy (non-hydrogen) atoms. The number of aliphatic carboxylic acids is 1. The molecule has 0 aliphatic heterocycles. The first kappa shape index (κ1) is 14.0. The van der Waals surface area contributed by atoms with Crippen LogP contribution in [0.2, 0.25) is 0 Å². The van der Waals surface area contributed by atoms with E-state index in [0.717, 1.165) is 0 Å². The average Bonchev–Trinajstić information content (AvgIpc) is 2.11. The zero-order chi connectivity index (χ0) is 11.9. The molecule has 0 aliphatic rings. The Morgan fingerprint density at radius 3 is 2.60 bits per heavy atom. The summed E-state index contributed by atoms with van der Waals surface area (Å²) in [5, 5.41) is 8.42. The molecular weight excluding hydrogens is 222 g/mol. The van der Waals surface area contributed by atoms with E-state index in [1.807, 2.05) is 0 Å². The van der Waals surface area contributed by atoms with Crippen molar-refractivity contribution < 1.29 is 18.3 Å². The van der Waals surface area contributed by atoms with Crippen molar-refractivity contribution in [3.63, 3.8) is 0 Å². The van der Waals surface area contributed by atoms with E-state index < -0.39 is 27.6 Å². The minimum absolute atomic E-state index is 0.0753. The third-order valence-corrected chi connectivity index (χ3v) is 3.19. The minimum atomic E-state index is -3.47. The molecule has 0 aliphatic carbocycles. The van der Waals surface area contributed by atoms with Gasteiger partial charge in [0.25, 0.3) is 0 Å². The highest BCUT2D eigenvalue weighted by Crippen LogP contribution is 1.94. The Kier molecular flexibility index (Phi) is 6.06. The molecule has 0 fully saturated rings. The predicted molar refractivity (Wildman–Crippen MR) is 56.7 cm³/mol. The molecule has 8 heteroatoms. The molecule has 0 aromatic heterocycles. The van der Waals surface area contributed by atoms with Crippen molar-refractivity contribution in [2.24, 2.45) is 16.5 Å². The zero-order valence-corrected chi connectivity index (χ0v) is 8.98. The number of carbonyl (C=O) groups is 1. The maximum Gasteiger partial charge on any atom is 0.321 e. The van der Waals surface area contributed by atoms with E-state index in [4.69, 9.17) is 16.6 Å². The summed E-state index contributed by atoms with van der Waals surface area (Å²) in [6.45, 7) is 0.320. The van der Waals surface area contributed by atoms with E-state index in [9.17, 15) is 13.2 Å². The molecule has 1 atom stereocenters. The molecule has 0 saturated carbocycles. The lowest BCUT2D eigenvalue weighted by Crippen LogP contribution is -2.38. The number of nitrogens with zero attached hydrogens (tertiary/aromatic N) is 1. The lowest BCUT2D eigenvalue weighted by Gasteiger charge is -2.06. The average molecular weight is 237 g/mol. The molecule has 5 N–H and O–H groups in total. The summed E-state index contributed by atoms with van der Waals surface area (Å²) in [6, 6.07) is -1.38. The van der Waals surface area contributed by atoms with Crippen LogP contribution in [0.25, 0.3) is 0 Å². The molecule has 0 aromatic rings. The molecule has 0 radical (unpaired) electrons. The molecule has 0 aromatic carbocycles. The first-order valence-electron chi connectivity index (χ1n) is 4.26. The Balaban J connectivity index is 4.09. The molecule has 0 bridgehead atoms. The largest absolute Gasteiger partial charge is 0.480 e. The smallest absolute Gasteiger partial charge is 0.321 e. The highest BCUT2D eigenvalue weighted by molar-refractivity contribution is 7.91. The van der Waals surface area contributed by atoms with E-state index in [0.29, 0.717) is 0 Å². The second-order valence-electron chi connectivity index (χ2n) is 2.88. The fourth-order valence-electron chi connectivity index (χ4n) is 0.786. The van der Waals surface area contributed by atoms with Gasteiger partial charge in [-0.05, 0) is 0 Å². The molecular formula is C7H15N3O4S. The number of hydrogen-bond acceptors (Lipinski definition) is 6. The molecule has 7 nitrogen and oxygen atoms in total. The summed E-state index contributed by atoms with van der Waals surface area (Å²) in [5.41, 5.74) is 10.2. The quantitative estimate of drug-likeness (QED) is 0.431. The Labute approximate surface area is 88.1 Å². The molecule has 88 valence electrons.